The molecule has 0 aliphatic carbocycles. The maximum Gasteiger partial charge on any atom is 0.338 e. The topological polar surface area (TPSA) is 84.0 Å². The van der Waals surface area contributed by atoms with E-state index >= 15 is 0 Å². The van der Waals surface area contributed by atoms with Crippen LogP contribution >= 0.6 is 0 Å². The molecular weight excluding hydrogens is 416 g/mol. The van der Waals surface area contributed by atoms with Crippen LogP contribution in [0.1, 0.15) is 32.6 Å². The monoisotopic (exact) mass is 444 g/mol. The van der Waals surface area contributed by atoms with E-state index in [9.17, 15) is 18.0 Å². The zero-order valence-corrected chi connectivity index (χ0v) is 19.2. The molecule has 166 valence electrons. The molecule has 0 spiro atoms. The minimum absolute atomic E-state index is 0.201. The van der Waals surface area contributed by atoms with E-state index in [1.807, 2.05) is 32.9 Å². The summed E-state index contributed by atoms with van der Waals surface area (Å²) in [7, 11) is -3.62. The van der Waals surface area contributed by atoms with Crippen LogP contribution in [0.2, 0.25) is 0 Å². The van der Waals surface area contributed by atoms with Crippen molar-refractivity contribution in [2.75, 3.05) is 32.8 Å². The molecule has 1 heterocycles. The van der Waals surface area contributed by atoms with Crippen molar-refractivity contribution in [2.45, 2.75) is 32.6 Å². The number of esters is 1. The minimum atomic E-state index is -3.62. The van der Waals surface area contributed by atoms with Crippen molar-refractivity contribution < 1.29 is 22.7 Å². The molecule has 1 saturated heterocycles. The van der Waals surface area contributed by atoms with Gasteiger partial charge in [0, 0.05) is 26.2 Å². The maximum atomic E-state index is 13.0. The Morgan fingerprint density at radius 1 is 0.871 bits per heavy atom. The Labute approximate surface area is 183 Å². The summed E-state index contributed by atoms with van der Waals surface area (Å²) >= 11 is 0. The molecule has 1 amide bonds. The van der Waals surface area contributed by atoms with Gasteiger partial charge in [-0.2, -0.15) is 4.31 Å². The van der Waals surface area contributed by atoms with E-state index in [2.05, 4.69) is 0 Å². The third kappa shape index (κ3) is 5.32. The summed E-state index contributed by atoms with van der Waals surface area (Å²) in [5.41, 5.74) is 4.01. The van der Waals surface area contributed by atoms with E-state index in [4.69, 9.17) is 4.74 Å². The van der Waals surface area contributed by atoms with Gasteiger partial charge in [0.05, 0.1) is 10.5 Å². The first kappa shape index (κ1) is 23.0. The third-order valence-electron chi connectivity index (χ3n) is 5.32. The smallest absolute Gasteiger partial charge is 0.338 e. The molecule has 31 heavy (non-hydrogen) atoms. The summed E-state index contributed by atoms with van der Waals surface area (Å²) in [6.07, 6.45) is 0. The Balaban J connectivity index is 1.56. The standard InChI is InChI=1S/C23H28N2O5S/c1-16-5-6-21(19(4)12-16)31(28,29)25-9-7-24(8-10-25)22(26)15-30-23(27)20-13-17(2)11-18(3)14-20/h5-6,11-14H,7-10,15H2,1-4H3. The summed E-state index contributed by atoms with van der Waals surface area (Å²) in [6, 6.07) is 10.6. The molecular formula is C23H28N2O5S. The highest BCUT2D eigenvalue weighted by Gasteiger charge is 2.31. The molecule has 3 rings (SSSR count). The fourth-order valence-electron chi connectivity index (χ4n) is 3.80. The van der Waals surface area contributed by atoms with Crippen molar-refractivity contribution in [3.8, 4) is 0 Å². The van der Waals surface area contributed by atoms with Crippen LogP contribution in [-0.2, 0) is 19.6 Å². The van der Waals surface area contributed by atoms with Gasteiger partial charge in [0.1, 0.15) is 0 Å². The molecule has 0 saturated carbocycles. The van der Waals surface area contributed by atoms with E-state index in [1.165, 1.54) is 9.21 Å². The summed E-state index contributed by atoms with van der Waals surface area (Å²) in [6.45, 7) is 8.02. The molecule has 0 radical (unpaired) electrons. The Morgan fingerprint density at radius 2 is 1.48 bits per heavy atom. The van der Waals surface area contributed by atoms with Crippen LogP contribution in [0.3, 0.4) is 0 Å². The van der Waals surface area contributed by atoms with Crippen LogP contribution in [0.15, 0.2) is 41.3 Å². The van der Waals surface area contributed by atoms with E-state index < -0.39 is 16.0 Å². The Kier molecular flexibility index (Phi) is 6.81. The first-order chi connectivity index (χ1) is 14.6. The second-order valence-electron chi connectivity index (χ2n) is 8.01. The number of amides is 1. The molecule has 0 aromatic heterocycles. The molecule has 0 unspecified atom stereocenters. The average Bonchev–Trinajstić information content (AvgIpc) is 2.70. The first-order valence-corrected chi connectivity index (χ1v) is 11.6. The first-order valence-electron chi connectivity index (χ1n) is 10.2. The highest BCUT2D eigenvalue weighted by atomic mass is 32.2. The largest absolute Gasteiger partial charge is 0.452 e. The summed E-state index contributed by atoms with van der Waals surface area (Å²) in [4.78, 5) is 26.5. The molecule has 2 aromatic rings. The van der Waals surface area contributed by atoms with Gasteiger partial charge < -0.3 is 9.64 Å². The summed E-state index contributed by atoms with van der Waals surface area (Å²) in [5, 5.41) is 0. The fourth-order valence-corrected chi connectivity index (χ4v) is 5.43. The number of hydrogen-bond acceptors (Lipinski definition) is 5. The van der Waals surface area contributed by atoms with Gasteiger partial charge in [-0.15, -0.1) is 0 Å². The van der Waals surface area contributed by atoms with Crippen molar-refractivity contribution in [2.24, 2.45) is 0 Å². The van der Waals surface area contributed by atoms with Gasteiger partial charge in [-0.25, -0.2) is 13.2 Å². The number of aryl methyl sites for hydroxylation is 4. The number of piperazine rings is 1. The van der Waals surface area contributed by atoms with E-state index in [0.29, 0.717) is 16.0 Å². The van der Waals surface area contributed by atoms with Crippen LogP contribution in [0.25, 0.3) is 0 Å². The number of nitrogens with zero attached hydrogens (tertiary/aromatic N) is 2. The SMILES string of the molecule is Cc1cc(C)cc(C(=O)OCC(=O)N2CCN(S(=O)(=O)c3ccc(C)cc3C)CC2)c1. The highest BCUT2D eigenvalue weighted by Crippen LogP contribution is 2.22. The molecule has 0 N–H and O–H groups in total. The van der Waals surface area contributed by atoms with Gasteiger partial charge in [-0.3, -0.25) is 4.79 Å². The summed E-state index contributed by atoms with van der Waals surface area (Å²) < 4.78 is 32.5. The molecule has 1 aliphatic heterocycles. The lowest BCUT2D eigenvalue weighted by molar-refractivity contribution is -0.135. The van der Waals surface area contributed by atoms with Crippen LogP contribution < -0.4 is 0 Å². The van der Waals surface area contributed by atoms with Crippen molar-refractivity contribution >= 4 is 21.9 Å². The molecule has 8 heteroatoms. The van der Waals surface area contributed by atoms with Crippen LogP contribution in [0.4, 0.5) is 0 Å². The predicted octanol–water partition coefficient (Wildman–Crippen LogP) is 2.61. The van der Waals surface area contributed by atoms with Gasteiger partial charge in [-0.1, -0.05) is 34.9 Å². The molecule has 1 fully saturated rings. The minimum Gasteiger partial charge on any atom is -0.452 e. The maximum absolute atomic E-state index is 13.0. The van der Waals surface area contributed by atoms with Crippen molar-refractivity contribution in [3.05, 3.63) is 64.2 Å². The number of rotatable bonds is 5. The zero-order valence-electron chi connectivity index (χ0n) is 18.3. The second-order valence-corrected chi connectivity index (χ2v) is 9.91. The number of sulfonamides is 1. The molecule has 7 nitrogen and oxygen atoms in total. The van der Waals surface area contributed by atoms with Crippen molar-refractivity contribution in [1.29, 1.82) is 0 Å². The van der Waals surface area contributed by atoms with E-state index in [-0.39, 0.29) is 38.7 Å². The number of carbonyl (C=O) groups is 2. The van der Waals surface area contributed by atoms with Gasteiger partial charge in [0.15, 0.2) is 6.61 Å². The van der Waals surface area contributed by atoms with Gasteiger partial charge >= 0.3 is 5.97 Å². The van der Waals surface area contributed by atoms with Crippen molar-refractivity contribution in [3.63, 3.8) is 0 Å². The lowest BCUT2D eigenvalue weighted by Crippen LogP contribution is -2.51. The number of hydrogen-bond donors (Lipinski definition) is 0. The quantitative estimate of drug-likeness (QED) is 0.662. The number of benzene rings is 2. The summed E-state index contributed by atoms with van der Waals surface area (Å²) in [5.74, 6) is -0.877. The average molecular weight is 445 g/mol. The molecule has 1 aliphatic rings. The molecule has 0 bridgehead atoms. The zero-order chi connectivity index (χ0) is 22.8. The second kappa shape index (κ2) is 9.20. The van der Waals surface area contributed by atoms with Crippen LogP contribution in [0.5, 0.6) is 0 Å². The predicted molar refractivity (Wildman–Crippen MR) is 117 cm³/mol. The third-order valence-corrected chi connectivity index (χ3v) is 7.38. The van der Waals surface area contributed by atoms with Crippen LogP contribution in [0, 0.1) is 27.7 Å². The Hall–Kier alpha value is -2.71. The number of carbonyl (C=O) groups excluding carboxylic acids is 2. The lowest BCUT2D eigenvalue weighted by atomic mass is 10.1. The highest BCUT2D eigenvalue weighted by molar-refractivity contribution is 7.89. The fraction of sp³-hybridized carbons (Fsp3) is 0.391. The lowest BCUT2D eigenvalue weighted by Gasteiger charge is -2.34. The Bertz CT molecular complexity index is 1080. The van der Waals surface area contributed by atoms with Crippen LogP contribution in [-0.4, -0.2) is 62.3 Å². The van der Waals surface area contributed by atoms with E-state index in [1.54, 1.807) is 31.2 Å². The van der Waals surface area contributed by atoms with E-state index in [0.717, 1.165) is 16.7 Å². The molecule has 0 atom stereocenters. The van der Waals surface area contributed by atoms with Gasteiger partial charge in [0.25, 0.3) is 5.91 Å². The van der Waals surface area contributed by atoms with Crippen molar-refractivity contribution in [1.82, 2.24) is 9.21 Å². The van der Waals surface area contributed by atoms with Gasteiger partial charge in [0.2, 0.25) is 10.0 Å². The Morgan fingerprint density at radius 3 is 2.06 bits per heavy atom. The molecule has 2 aromatic carbocycles. The van der Waals surface area contributed by atoms with Gasteiger partial charge in [-0.05, 0) is 51.5 Å². The number of ether oxygens (including phenoxy) is 1. The normalized spacial score (nSPS) is 15.0.